The number of carbonyl (C=O) groups excluding carboxylic acids is 3. The molecule has 0 saturated heterocycles. The summed E-state index contributed by atoms with van der Waals surface area (Å²) >= 11 is 1.17. The van der Waals surface area contributed by atoms with Crippen molar-refractivity contribution >= 4 is 29.3 Å². The molecule has 0 bridgehead atoms. The summed E-state index contributed by atoms with van der Waals surface area (Å²) in [5.74, 6) is -0.0830. The van der Waals surface area contributed by atoms with Crippen molar-refractivity contribution in [3.05, 3.63) is 40.0 Å². The fourth-order valence-corrected chi connectivity index (χ4v) is 4.23. The fraction of sp³-hybridized carbons (Fsp3) is 0.364. The van der Waals surface area contributed by atoms with Crippen molar-refractivity contribution in [2.24, 2.45) is 0 Å². The highest BCUT2D eigenvalue weighted by atomic mass is 32.1. The molecule has 1 aliphatic rings. The monoisotopic (exact) mass is 475 g/mol. The zero-order valence-electron chi connectivity index (χ0n) is 18.9. The van der Waals surface area contributed by atoms with Gasteiger partial charge in [0, 0.05) is 5.56 Å². The Morgan fingerprint density at radius 3 is 2.52 bits per heavy atom. The lowest BCUT2D eigenvalue weighted by molar-refractivity contribution is -0.139. The predicted molar refractivity (Wildman–Crippen MR) is 120 cm³/mol. The zero-order chi connectivity index (χ0) is 24.1. The van der Waals surface area contributed by atoms with Crippen LogP contribution in [-0.4, -0.2) is 56.4 Å². The molecule has 1 aromatic carbocycles. The van der Waals surface area contributed by atoms with Gasteiger partial charge in [0.15, 0.2) is 11.5 Å². The highest BCUT2D eigenvalue weighted by Gasteiger charge is 2.30. The third kappa shape index (κ3) is 5.25. The maximum Gasteiger partial charge on any atom is 0.350 e. The molecule has 1 aromatic heterocycles. The number of nitrogens with one attached hydrogen (secondary N) is 2. The first-order valence-electron chi connectivity index (χ1n) is 10.1. The van der Waals surface area contributed by atoms with Crippen molar-refractivity contribution in [3.63, 3.8) is 0 Å². The van der Waals surface area contributed by atoms with Crippen LogP contribution in [0.15, 0.2) is 29.5 Å². The summed E-state index contributed by atoms with van der Waals surface area (Å²) < 4.78 is 21.1. The number of methoxy groups -OCH3 is 2. The van der Waals surface area contributed by atoms with E-state index in [9.17, 15) is 14.4 Å². The number of aryl methyl sites for hydroxylation is 1. The molecule has 0 saturated carbocycles. The molecule has 2 amide bonds. The first-order chi connectivity index (χ1) is 15.8. The van der Waals surface area contributed by atoms with Crippen molar-refractivity contribution in [2.75, 3.05) is 27.4 Å². The van der Waals surface area contributed by atoms with E-state index in [0.717, 1.165) is 5.56 Å². The molecule has 2 heterocycles. The van der Waals surface area contributed by atoms with Gasteiger partial charge in [0.1, 0.15) is 16.5 Å². The van der Waals surface area contributed by atoms with Crippen LogP contribution >= 0.6 is 11.3 Å². The molecule has 10 nitrogen and oxygen atoms in total. The number of carbonyl (C=O) groups is 3. The standard InChI is InChI=1S/C22H25N3O7S/c1-6-31-20(26)17-11(2)24-22(28)25-14(17)10-32-21(27)18-12(3)23-19(33-18)13-7-8-15(29-4)16(9-13)30-5/h7-9,11H,6,10H2,1-5H3,(H2,24,25,28). The lowest BCUT2D eigenvalue weighted by atomic mass is 10.0. The number of rotatable bonds is 8. The van der Waals surface area contributed by atoms with Gasteiger partial charge in [-0.25, -0.2) is 19.4 Å². The molecule has 1 aliphatic heterocycles. The third-order valence-corrected chi connectivity index (χ3v) is 6.01. The van der Waals surface area contributed by atoms with Crippen LogP contribution < -0.4 is 20.1 Å². The number of aromatic nitrogens is 1. The van der Waals surface area contributed by atoms with E-state index < -0.39 is 24.0 Å². The minimum absolute atomic E-state index is 0.176. The SMILES string of the molecule is CCOC(=O)C1=C(COC(=O)c2sc(-c3ccc(OC)c(OC)c3)nc2C)NC(=O)NC1C. The van der Waals surface area contributed by atoms with Crippen molar-refractivity contribution in [1.29, 1.82) is 0 Å². The maximum atomic E-state index is 12.8. The van der Waals surface area contributed by atoms with E-state index in [0.29, 0.717) is 27.1 Å². The van der Waals surface area contributed by atoms with Gasteiger partial charge in [-0.15, -0.1) is 11.3 Å². The summed E-state index contributed by atoms with van der Waals surface area (Å²) in [6.45, 7) is 4.91. The number of hydrogen-bond donors (Lipinski definition) is 2. The van der Waals surface area contributed by atoms with Crippen LogP contribution in [0, 0.1) is 6.92 Å². The Morgan fingerprint density at radius 1 is 1.12 bits per heavy atom. The van der Waals surface area contributed by atoms with E-state index in [-0.39, 0.29) is 24.5 Å². The largest absolute Gasteiger partial charge is 0.493 e. The van der Waals surface area contributed by atoms with E-state index in [4.69, 9.17) is 18.9 Å². The molecule has 0 aliphatic carbocycles. The van der Waals surface area contributed by atoms with E-state index in [1.807, 2.05) is 6.07 Å². The topological polar surface area (TPSA) is 125 Å². The molecule has 0 radical (unpaired) electrons. The van der Waals surface area contributed by atoms with E-state index >= 15 is 0 Å². The van der Waals surface area contributed by atoms with Crippen molar-refractivity contribution in [3.8, 4) is 22.1 Å². The molecule has 2 aromatic rings. The third-order valence-electron chi connectivity index (χ3n) is 4.83. The number of amides is 2. The smallest absolute Gasteiger partial charge is 0.350 e. The zero-order valence-corrected chi connectivity index (χ0v) is 19.8. The average Bonchev–Trinajstić information content (AvgIpc) is 3.18. The second-order valence-corrected chi connectivity index (χ2v) is 8.01. The van der Waals surface area contributed by atoms with Gasteiger partial charge in [0.25, 0.3) is 0 Å². The molecular weight excluding hydrogens is 450 g/mol. The second-order valence-electron chi connectivity index (χ2n) is 7.01. The second kappa shape index (κ2) is 10.3. The normalized spacial score (nSPS) is 15.4. The minimum atomic E-state index is -0.618. The number of ether oxygens (including phenoxy) is 4. The number of esters is 2. The van der Waals surface area contributed by atoms with Crippen LogP contribution in [0.2, 0.25) is 0 Å². The summed E-state index contributed by atoms with van der Waals surface area (Å²) in [6, 6.07) is 4.26. The Kier molecular flexibility index (Phi) is 7.54. The Hall–Kier alpha value is -3.60. The summed E-state index contributed by atoms with van der Waals surface area (Å²) in [5, 5.41) is 5.72. The van der Waals surface area contributed by atoms with Gasteiger partial charge in [-0.05, 0) is 39.0 Å². The number of benzene rings is 1. The average molecular weight is 476 g/mol. The summed E-state index contributed by atoms with van der Waals surface area (Å²) in [7, 11) is 3.09. The van der Waals surface area contributed by atoms with Crippen molar-refractivity contribution in [2.45, 2.75) is 26.8 Å². The van der Waals surface area contributed by atoms with E-state index in [2.05, 4.69) is 15.6 Å². The van der Waals surface area contributed by atoms with E-state index in [1.165, 1.54) is 18.4 Å². The number of urea groups is 1. The molecule has 1 unspecified atom stereocenters. The lowest BCUT2D eigenvalue weighted by Crippen LogP contribution is -2.50. The highest BCUT2D eigenvalue weighted by molar-refractivity contribution is 7.17. The summed E-state index contributed by atoms with van der Waals surface area (Å²) in [6.07, 6.45) is 0. The van der Waals surface area contributed by atoms with Crippen LogP contribution in [0.25, 0.3) is 10.6 Å². The summed E-state index contributed by atoms with van der Waals surface area (Å²) in [5.41, 5.74) is 1.64. The fourth-order valence-electron chi connectivity index (χ4n) is 3.28. The van der Waals surface area contributed by atoms with Gasteiger partial charge >= 0.3 is 18.0 Å². The van der Waals surface area contributed by atoms with Gasteiger partial charge in [-0.3, -0.25) is 0 Å². The number of hydrogen-bond acceptors (Lipinski definition) is 9. The molecular formula is C22H25N3O7S. The molecule has 0 spiro atoms. The van der Waals surface area contributed by atoms with Crippen molar-refractivity contribution < 1.29 is 33.3 Å². The predicted octanol–water partition coefficient (Wildman–Crippen LogP) is 2.81. The number of thiazole rings is 1. The van der Waals surface area contributed by atoms with Gasteiger partial charge in [0.2, 0.25) is 0 Å². The molecule has 3 rings (SSSR count). The molecule has 0 fully saturated rings. The minimum Gasteiger partial charge on any atom is -0.493 e. The Labute approximate surface area is 194 Å². The molecule has 176 valence electrons. The quantitative estimate of drug-likeness (QED) is 0.559. The lowest BCUT2D eigenvalue weighted by Gasteiger charge is -2.26. The highest BCUT2D eigenvalue weighted by Crippen LogP contribution is 2.35. The number of nitrogens with zero attached hydrogens (tertiary/aromatic N) is 1. The Bertz CT molecular complexity index is 1110. The molecule has 2 N–H and O–H groups in total. The summed E-state index contributed by atoms with van der Waals surface area (Å²) in [4.78, 5) is 41.7. The Morgan fingerprint density at radius 2 is 1.85 bits per heavy atom. The van der Waals surface area contributed by atoms with Gasteiger partial charge in [0.05, 0.1) is 43.8 Å². The van der Waals surface area contributed by atoms with Crippen LogP contribution in [0.4, 0.5) is 4.79 Å². The van der Waals surface area contributed by atoms with E-state index in [1.54, 1.807) is 40.0 Å². The van der Waals surface area contributed by atoms with Gasteiger partial charge < -0.3 is 29.6 Å². The Balaban J connectivity index is 1.81. The molecule has 11 heteroatoms. The van der Waals surface area contributed by atoms with Crippen molar-refractivity contribution in [1.82, 2.24) is 15.6 Å². The van der Waals surface area contributed by atoms with Gasteiger partial charge in [-0.2, -0.15) is 0 Å². The molecule has 1 atom stereocenters. The van der Waals surface area contributed by atoms with Crippen LogP contribution in [0.3, 0.4) is 0 Å². The molecule has 33 heavy (non-hydrogen) atoms. The van der Waals surface area contributed by atoms with Crippen LogP contribution in [-0.2, 0) is 14.3 Å². The maximum absolute atomic E-state index is 12.8. The van der Waals surface area contributed by atoms with Crippen LogP contribution in [0.1, 0.15) is 29.2 Å². The van der Waals surface area contributed by atoms with Crippen LogP contribution in [0.5, 0.6) is 11.5 Å². The first kappa shape index (κ1) is 24.1. The first-order valence-corrected chi connectivity index (χ1v) is 10.9. The van der Waals surface area contributed by atoms with Gasteiger partial charge in [-0.1, -0.05) is 0 Å².